The lowest BCUT2D eigenvalue weighted by atomic mass is 10.1. The first-order valence-corrected chi connectivity index (χ1v) is 10.4. The van der Waals surface area contributed by atoms with E-state index in [9.17, 15) is 0 Å². The van der Waals surface area contributed by atoms with Gasteiger partial charge in [-0.3, -0.25) is 4.98 Å². The average Bonchev–Trinajstić information content (AvgIpc) is 2.75. The Morgan fingerprint density at radius 3 is 2.57 bits per heavy atom. The molecule has 1 fully saturated rings. The molecule has 0 unspecified atom stereocenters. The summed E-state index contributed by atoms with van der Waals surface area (Å²) in [5, 5.41) is 0. The van der Waals surface area contributed by atoms with Crippen molar-refractivity contribution in [3.63, 3.8) is 0 Å². The predicted molar refractivity (Wildman–Crippen MR) is 115 cm³/mol. The second kappa shape index (κ2) is 8.97. The summed E-state index contributed by atoms with van der Waals surface area (Å²) < 4.78 is 9.51. The van der Waals surface area contributed by atoms with Crippen molar-refractivity contribution in [2.75, 3.05) is 22.7 Å². The van der Waals surface area contributed by atoms with Gasteiger partial charge < -0.3 is 14.4 Å². The molecule has 0 saturated carbocycles. The molecule has 0 spiro atoms. The number of hydrogen-bond acceptors (Lipinski definition) is 6. The third-order valence-electron chi connectivity index (χ3n) is 4.77. The maximum Gasteiger partial charge on any atom is 0.213 e. The van der Waals surface area contributed by atoms with Crippen LogP contribution in [0.1, 0.15) is 18.5 Å². The number of piperidine rings is 1. The van der Waals surface area contributed by atoms with Crippen LogP contribution < -0.4 is 14.4 Å². The van der Waals surface area contributed by atoms with Crippen molar-refractivity contribution in [2.24, 2.45) is 0 Å². The molecule has 3 heterocycles. The quantitative estimate of drug-likeness (QED) is 0.599. The topological polar surface area (TPSA) is 50.3 Å². The van der Waals surface area contributed by atoms with Crippen LogP contribution in [0.5, 0.6) is 5.88 Å². The van der Waals surface area contributed by atoms with E-state index in [1.54, 1.807) is 18.1 Å². The van der Waals surface area contributed by atoms with Crippen LogP contribution in [-0.2, 0) is 0 Å². The summed E-state index contributed by atoms with van der Waals surface area (Å²) in [5.41, 5.74) is 3.38. The molecule has 28 heavy (non-hydrogen) atoms. The Bertz CT molecular complexity index is 881. The summed E-state index contributed by atoms with van der Waals surface area (Å²) >= 11 is 1.59. The maximum atomic E-state index is 6.02. The van der Waals surface area contributed by atoms with Gasteiger partial charge in [0.15, 0.2) is 0 Å². The van der Waals surface area contributed by atoms with Crippen LogP contribution in [0.15, 0.2) is 71.9 Å². The molecule has 1 aliphatic rings. The first kappa shape index (κ1) is 18.6. The summed E-state index contributed by atoms with van der Waals surface area (Å²) in [6.07, 6.45) is 5.86. The highest BCUT2D eigenvalue weighted by Gasteiger charge is 2.22. The van der Waals surface area contributed by atoms with Gasteiger partial charge in [-0.2, -0.15) is 0 Å². The number of aromatic nitrogens is 2. The predicted octanol–water partition coefficient (Wildman–Crippen LogP) is 4.95. The van der Waals surface area contributed by atoms with E-state index >= 15 is 0 Å². The summed E-state index contributed by atoms with van der Waals surface area (Å²) in [5.74, 6) is 0.714. The minimum atomic E-state index is 0.222. The lowest BCUT2D eigenvalue weighted by Gasteiger charge is -2.34. The van der Waals surface area contributed by atoms with E-state index in [1.165, 1.54) is 5.69 Å². The van der Waals surface area contributed by atoms with Crippen LogP contribution in [0.4, 0.5) is 11.4 Å². The lowest BCUT2D eigenvalue weighted by Crippen LogP contribution is -2.38. The van der Waals surface area contributed by atoms with Gasteiger partial charge in [0.05, 0.1) is 11.4 Å². The first-order chi connectivity index (χ1) is 13.8. The third-order valence-corrected chi connectivity index (χ3v) is 5.57. The molecule has 4 rings (SSSR count). The molecule has 0 aliphatic carbocycles. The number of nitrogens with zero attached hydrogens (tertiary/aromatic N) is 3. The number of ether oxygens (including phenoxy) is 1. The van der Waals surface area contributed by atoms with Crippen LogP contribution in [0.3, 0.4) is 0 Å². The van der Waals surface area contributed by atoms with Crippen molar-refractivity contribution in [3.05, 3.63) is 72.7 Å². The molecule has 1 aromatic carbocycles. The van der Waals surface area contributed by atoms with E-state index in [0.717, 1.165) is 42.2 Å². The first-order valence-electron chi connectivity index (χ1n) is 9.55. The SMILES string of the molecule is Cc1ccc(SNc2ccccc2N2CCC(Oc3ccccn3)CC2)cn1. The van der Waals surface area contributed by atoms with Gasteiger partial charge in [0, 0.05) is 55.0 Å². The van der Waals surface area contributed by atoms with Gasteiger partial charge in [-0.15, -0.1) is 0 Å². The van der Waals surface area contributed by atoms with Crippen molar-refractivity contribution in [2.45, 2.75) is 30.8 Å². The highest BCUT2D eigenvalue weighted by Crippen LogP contribution is 2.32. The molecule has 0 amide bonds. The average molecular weight is 393 g/mol. The summed E-state index contributed by atoms with van der Waals surface area (Å²) in [6, 6.07) is 18.4. The van der Waals surface area contributed by atoms with E-state index < -0.39 is 0 Å². The van der Waals surface area contributed by atoms with Crippen molar-refractivity contribution < 1.29 is 4.74 Å². The molecule has 144 valence electrons. The Hall–Kier alpha value is -2.73. The molecule has 1 N–H and O–H groups in total. The molecular formula is C22H24N4OS. The minimum Gasteiger partial charge on any atom is -0.474 e. The van der Waals surface area contributed by atoms with E-state index in [-0.39, 0.29) is 6.10 Å². The van der Waals surface area contributed by atoms with Crippen LogP contribution in [0.25, 0.3) is 0 Å². The Labute approximate surface area is 170 Å². The Kier molecular flexibility index (Phi) is 5.97. The highest BCUT2D eigenvalue weighted by molar-refractivity contribution is 8.00. The Balaban J connectivity index is 1.36. The van der Waals surface area contributed by atoms with Gasteiger partial charge in [-0.1, -0.05) is 18.2 Å². The van der Waals surface area contributed by atoms with Gasteiger partial charge in [-0.25, -0.2) is 4.98 Å². The van der Waals surface area contributed by atoms with E-state index in [2.05, 4.69) is 49.9 Å². The van der Waals surface area contributed by atoms with Crippen molar-refractivity contribution in [1.29, 1.82) is 0 Å². The zero-order valence-electron chi connectivity index (χ0n) is 15.9. The summed E-state index contributed by atoms with van der Waals surface area (Å²) in [7, 11) is 0. The maximum absolute atomic E-state index is 6.02. The molecule has 0 bridgehead atoms. The molecule has 0 radical (unpaired) electrons. The van der Waals surface area contributed by atoms with Crippen molar-refractivity contribution >= 4 is 23.3 Å². The molecule has 0 atom stereocenters. The standard InChI is InChI=1S/C22H24N4OS/c1-17-9-10-19(16-24-17)28-25-20-6-2-3-7-21(20)26-14-11-18(12-15-26)27-22-8-4-5-13-23-22/h2-10,13,16,18,25H,11-12,14-15H2,1H3. The van der Waals surface area contributed by atoms with Crippen molar-refractivity contribution in [3.8, 4) is 5.88 Å². The zero-order chi connectivity index (χ0) is 19.2. The van der Waals surface area contributed by atoms with Crippen LogP contribution in [0.2, 0.25) is 0 Å². The minimum absolute atomic E-state index is 0.222. The molecular weight excluding hydrogens is 368 g/mol. The number of hydrogen-bond donors (Lipinski definition) is 1. The second-order valence-corrected chi connectivity index (χ2v) is 7.71. The van der Waals surface area contributed by atoms with Crippen LogP contribution >= 0.6 is 11.9 Å². The fraction of sp³-hybridized carbons (Fsp3) is 0.273. The smallest absolute Gasteiger partial charge is 0.213 e. The highest BCUT2D eigenvalue weighted by atomic mass is 32.2. The van der Waals surface area contributed by atoms with E-state index in [1.807, 2.05) is 37.4 Å². The van der Waals surface area contributed by atoms with E-state index in [4.69, 9.17) is 4.74 Å². The molecule has 6 heteroatoms. The molecule has 3 aromatic rings. The van der Waals surface area contributed by atoms with Gasteiger partial charge in [0.25, 0.3) is 0 Å². The van der Waals surface area contributed by atoms with Crippen molar-refractivity contribution in [1.82, 2.24) is 9.97 Å². The molecule has 1 aliphatic heterocycles. The molecule has 1 saturated heterocycles. The number of anilines is 2. The monoisotopic (exact) mass is 392 g/mol. The number of nitrogens with one attached hydrogen (secondary N) is 1. The van der Waals surface area contributed by atoms with Gasteiger partial charge in [0.2, 0.25) is 5.88 Å². The summed E-state index contributed by atoms with van der Waals surface area (Å²) in [6.45, 7) is 3.93. The second-order valence-electron chi connectivity index (χ2n) is 6.83. The number of benzene rings is 1. The molecule has 5 nitrogen and oxygen atoms in total. The van der Waals surface area contributed by atoms with Gasteiger partial charge in [-0.05, 0) is 49.2 Å². The van der Waals surface area contributed by atoms with Gasteiger partial charge in [0.1, 0.15) is 6.10 Å². The van der Waals surface area contributed by atoms with Gasteiger partial charge >= 0.3 is 0 Å². The molecule has 2 aromatic heterocycles. The van der Waals surface area contributed by atoms with Crippen LogP contribution in [0, 0.1) is 6.92 Å². The fourth-order valence-corrected chi connectivity index (χ4v) is 3.91. The number of rotatable bonds is 6. The largest absolute Gasteiger partial charge is 0.474 e. The Morgan fingerprint density at radius 1 is 1.00 bits per heavy atom. The normalized spacial score (nSPS) is 14.7. The zero-order valence-corrected chi connectivity index (χ0v) is 16.7. The lowest BCUT2D eigenvalue weighted by molar-refractivity contribution is 0.164. The number of aryl methyl sites for hydroxylation is 1. The summed E-state index contributed by atoms with van der Waals surface area (Å²) in [4.78, 5) is 12.2. The fourth-order valence-electron chi connectivity index (χ4n) is 3.27. The van der Waals surface area contributed by atoms with Crippen LogP contribution in [-0.4, -0.2) is 29.2 Å². The Morgan fingerprint density at radius 2 is 1.82 bits per heavy atom. The third kappa shape index (κ3) is 4.75. The number of pyridine rings is 2. The number of para-hydroxylation sites is 2. The van der Waals surface area contributed by atoms with E-state index in [0.29, 0.717) is 5.88 Å².